The number of hydrogen-bond acceptors (Lipinski definition) is 5. The van der Waals surface area contributed by atoms with Crippen LogP contribution in [-0.4, -0.2) is 45.5 Å². The Hall–Kier alpha value is -2.76. The predicted molar refractivity (Wildman–Crippen MR) is 89.9 cm³/mol. The van der Waals surface area contributed by atoms with Crippen LogP contribution in [-0.2, 0) is 15.5 Å². The van der Waals surface area contributed by atoms with Gasteiger partial charge in [-0.3, -0.25) is 9.59 Å². The van der Waals surface area contributed by atoms with Crippen molar-refractivity contribution in [1.29, 1.82) is 0 Å². The number of esters is 1. The number of nitrogens with zero attached hydrogens (tertiary/aromatic N) is 3. The van der Waals surface area contributed by atoms with Gasteiger partial charge in [-0.15, -0.1) is 0 Å². The Morgan fingerprint density at radius 1 is 1.28 bits per heavy atom. The van der Waals surface area contributed by atoms with Gasteiger partial charge in [-0.1, -0.05) is 11.6 Å². The van der Waals surface area contributed by atoms with E-state index in [9.17, 15) is 31.5 Å². The summed E-state index contributed by atoms with van der Waals surface area (Å²) >= 11 is 5.82. The van der Waals surface area contributed by atoms with Gasteiger partial charge in [-0.2, -0.15) is 27.1 Å². The monoisotopic (exact) mass is 440 g/mol. The molecule has 0 spiro atoms. The van der Waals surface area contributed by atoms with Crippen LogP contribution in [0.4, 0.5) is 22.0 Å². The fourth-order valence-corrected chi connectivity index (χ4v) is 2.40. The molecule has 7 nitrogen and oxygen atoms in total. The average Bonchev–Trinajstić information content (AvgIpc) is 3.04. The number of aromatic nitrogens is 3. The second-order valence-corrected chi connectivity index (χ2v) is 6.33. The van der Waals surface area contributed by atoms with Crippen LogP contribution in [0.25, 0.3) is 5.82 Å². The van der Waals surface area contributed by atoms with Gasteiger partial charge in [0.05, 0.1) is 22.9 Å². The van der Waals surface area contributed by atoms with E-state index >= 15 is 0 Å². The summed E-state index contributed by atoms with van der Waals surface area (Å²) in [6, 6.07) is 2.52. The molecule has 2 aromatic rings. The summed E-state index contributed by atoms with van der Waals surface area (Å²) in [5.41, 5.74) is -2.90. The quantitative estimate of drug-likeness (QED) is 0.550. The van der Waals surface area contributed by atoms with Gasteiger partial charge in [0, 0.05) is 6.20 Å². The zero-order chi connectivity index (χ0) is 22.0. The molecule has 1 N–H and O–H groups in total. The Morgan fingerprint density at radius 3 is 2.48 bits per heavy atom. The van der Waals surface area contributed by atoms with Gasteiger partial charge in [0.2, 0.25) is 0 Å². The number of pyridine rings is 1. The summed E-state index contributed by atoms with van der Waals surface area (Å²) < 4.78 is 72.5. The molecule has 1 amide bonds. The standard InChI is InChI=1S/C16H14ClF5N4O3/c1-8(2)29-11(27)7-24-14(28)9-6-25-26(13-10(17)4-3-5-23-13)12(9)15(18,19)16(20,21)22/h3-6,8H,7H2,1-2H3,(H,24,28). The number of halogens is 6. The maximum atomic E-state index is 14.2. The van der Waals surface area contributed by atoms with Gasteiger partial charge in [0.25, 0.3) is 5.91 Å². The average molecular weight is 441 g/mol. The molecule has 0 unspecified atom stereocenters. The van der Waals surface area contributed by atoms with Gasteiger partial charge in [-0.25, -0.2) is 9.67 Å². The van der Waals surface area contributed by atoms with Crippen molar-refractivity contribution < 1.29 is 36.3 Å². The first-order valence-electron chi connectivity index (χ1n) is 7.98. The minimum Gasteiger partial charge on any atom is -0.462 e. The molecule has 0 saturated carbocycles. The van der Waals surface area contributed by atoms with E-state index in [1.807, 2.05) is 5.32 Å². The minimum atomic E-state index is -6.04. The lowest BCUT2D eigenvalue weighted by atomic mass is 10.1. The van der Waals surface area contributed by atoms with Crippen LogP contribution < -0.4 is 5.32 Å². The first-order valence-corrected chi connectivity index (χ1v) is 8.35. The molecule has 0 aliphatic heterocycles. The molecule has 0 fully saturated rings. The summed E-state index contributed by atoms with van der Waals surface area (Å²) in [7, 11) is 0. The molecule has 0 aliphatic rings. The maximum Gasteiger partial charge on any atom is 0.459 e. The van der Waals surface area contributed by atoms with E-state index in [1.54, 1.807) is 0 Å². The Morgan fingerprint density at radius 2 is 1.93 bits per heavy atom. The molecule has 29 heavy (non-hydrogen) atoms. The summed E-state index contributed by atoms with van der Waals surface area (Å²) in [6.45, 7) is 2.31. The SMILES string of the molecule is CC(C)OC(=O)CNC(=O)c1cnn(-c2ncccc2Cl)c1C(F)(F)C(F)(F)F. The molecule has 0 aromatic carbocycles. The van der Waals surface area contributed by atoms with Crippen LogP contribution in [0.1, 0.15) is 29.9 Å². The Bertz CT molecular complexity index is 914. The van der Waals surface area contributed by atoms with Crippen molar-refractivity contribution in [2.45, 2.75) is 32.1 Å². The number of alkyl halides is 5. The fraction of sp³-hybridized carbons (Fsp3) is 0.375. The summed E-state index contributed by atoms with van der Waals surface area (Å²) in [6.07, 6.45) is -4.96. The van der Waals surface area contributed by atoms with Crippen molar-refractivity contribution in [2.75, 3.05) is 6.54 Å². The molecule has 0 radical (unpaired) electrons. The van der Waals surface area contributed by atoms with Crippen molar-refractivity contribution >= 4 is 23.5 Å². The third kappa shape index (κ3) is 4.81. The molecular formula is C16H14ClF5N4O3. The molecule has 0 bridgehead atoms. The first-order chi connectivity index (χ1) is 13.4. The molecule has 2 heterocycles. The number of rotatable bonds is 6. The van der Waals surface area contributed by atoms with Crippen molar-refractivity contribution in [3.05, 3.63) is 40.8 Å². The molecule has 0 atom stereocenters. The number of ether oxygens (including phenoxy) is 1. The highest BCUT2D eigenvalue weighted by atomic mass is 35.5. The smallest absolute Gasteiger partial charge is 0.459 e. The second kappa shape index (κ2) is 8.31. The van der Waals surface area contributed by atoms with Crippen LogP contribution >= 0.6 is 11.6 Å². The molecule has 13 heteroatoms. The number of carbonyl (C=O) groups excluding carboxylic acids is 2. The third-order valence-electron chi connectivity index (χ3n) is 3.37. The highest BCUT2D eigenvalue weighted by molar-refractivity contribution is 6.32. The normalized spacial score (nSPS) is 12.2. The number of amides is 1. The van der Waals surface area contributed by atoms with Gasteiger partial charge < -0.3 is 10.1 Å². The zero-order valence-electron chi connectivity index (χ0n) is 14.9. The topological polar surface area (TPSA) is 86.1 Å². The largest absolute Gasteiger partial charge is 0.462 e. The Balaban J connectivity index is 2.50. The lowest BCUT2D eigenvalue weighted by Crippen LogP contribution is -2.39. The number of hydrogen-bond donors (Lipinski definition) is 1. The van der Waals surface area contributed by atoms with E-state index in [0.717, 1.165) is 6.20 Å². The number of nitrogens with one attached hydrogen (secondary N) is 1. The molecule has 0 aliphatic carbocycles. The van der Waals surface area contributed by atoms with Crippen LogP contribution in [0.5, 0.6) is 0 Å². The Labute approximate surface area is 165 Å². The second-order valence-electron chi connectivity index (χ2n) is 5.92. The summed E-state index contributed by atoms with van der Waals surface area (Å²) in [4.78, 5) is 27.4. The van der Waals surface area contributed by atoms with Gasteiger partial charge in [0.15, 0.2) is 5.82 Å². The lowest BCUT2D eigenvalue weighted by Gasteiger charge is -2.22. The van der Waals surface area contributed by atoms with Crippen LogP contribution in [0.3, 0.4) is 0 Å². The molecule has 2 aromatic heterocycles. The van der Waals surface area contributed by atoms with Crippen molar-refractivity contribution in [3.8, 4) is 5.82 Å². The van der Waals surface area contributed by atoms with Crippen molar-refractivity contribution in [2.24, 2.45) is 0 Å². The highest BCUT2D eigenvalue weighted by Gasteiger charge is 2.62. The highest BCUT2D eigenvalue weighted by Crippen LogP contribution is 2.45. The van der Waals surface area contributed by atoms with Gasteiger partial charge in [0.1, 0.15) is 12.2 Å². The van der Waals surface area contributed by atoms with Crippen LogP contribution in [0.2, 0.25) is 5.02 Å². The van der Waals surface area contributed by atoms with E-state index in [4.69, 9.17) is 16.3 Å². The predicted octanol–water partition coefficient (Wildman–Crippen LogP) is 3.26. The maximum absolute atomic E-state index is 14.2. The molecule has 2 rings (SSSR count). The number of carbonyl (C=O) groups is 2. The summed E-state index contributed by atoms with van der Waals surface area (Å²) in [5, 5.41) is 5.09. The molecule has 0 saturated heterocycles. The van der Waals surface area contributed by atoms with Crippen LogP contribution in [0, 0.1) is 0 Å². The van der Waals surface area contributed by atoms with Gasteiger partial charge >= 0.3 is 18.1 Å². The van der Waals surface area contributed by atoms with E-state index in [1.165, 1.54) is 26.0 Å². The van der Waals surface area contributed by atoms with Gasteiger partial charge in [-0.05, 0) is 26.0 Å². The third-order valence-corrected chi connectivity index (χ3v) is 3.66. The molecule has 158 valence electrons. The van der Waals surface area contributed by atoms with E-state index in [0.29, 0.717) is 6.20 Å². The van der Waals surface area contributed by atoms with E-state index in [-0.39, 0.29) is 9.70 Å². The molecular weight excluding hydrogens is 427 g/mol. The van der Waals surface area contributed by atoms with Crippen molar-refractivity contribution in [3.63, 3.8) is 0 Å². The van der Waals surface area contributed by atoms with Crippen LogP contribution in [0.15, 0.2) is 24.5 Å². The lowest BCUT2D eigenvalue weighted by molar-refractivity contribution is -0.291. The van der Waals surface area contributed by atoms with E-state index in [2.05, 4.69) is 10.1 Å². The van der Waals surface area contributed by atoms with E-state index < -0.39 is 53.7 Å². The first kappa shape index (κ1) is 22.5. The fourth-order valence-electron chi connectivity index (χ4n) is 2.20. The Kier molecular flexibility index (Phi) is 6.46. The minimum absolute atomic E-state index is 0.136. The summed E-state index contributed by atoms with van der Waals surface area (Å²) in [5.74, 6) is -8.30. The zero-order valence-corrected chi connectivity index (χ0v) is 15.7. The van der Waals surface area contributed by atoms with Crippen molar-refractivity contribution in [1.82, 2.24) is 20.1 Å².